The van der Waals surface area contributed by atoms with Gasteiger partial charge in [-0.05, 0) is 23.1 Å². The van der Waals surface area contributed by atoms with Gasteiger partial charge in [-0.2, -0.15) is 10.2 Å². The van der Waals surface area contributed by atoms with Crippen LogP contribution in [0.5, 0.6) is 0 Å². The van der Waals surface area contributed by atoms with Crippen LogP contribution in [0.1, 0.15) is 36.9 Å². The predicted molar refractivity (Wildman–Crippen MR) is 106 cm³/mol. The summed E-state index contributed by atoms with van der Waals surface area (Å²) in [5, 5.41) is 20.9. The second kappa shape index (κ2) is 6.74. The van der Waals surface area contributed by atoms with E-state index in [-0.39, 0.29) is 21.8 Å². The van der Waals surface area contributed by atoms with Crippen LogP contribution >= 0.6 is 11.3 Å². The summed E-state index contributed by atoms with van der Waals surface area (Å²) in [6, 6.07) is 16.5. The number of fused-ring (bicyclic) bond motifs is 1. The molecule has 1 aromatic heterocycles. The Labute approximate surface area is 155 Å². The van der Waals surface area contributed by atoms with Gasteiger partial charge in [0, 0.05) is 10.3 Å². The maximum Gasteiger partial charge on any atom is 0.279 e. The number of hydrogen-bond acceptors (Lipinski definition) is 5. The van der Waals surface area contributed by atoms with E-state index in [0.29, 0.717) is 10.9 Å². The second-order valence-electron chi connectivity index (χ2n) is 6.98. The molecule has 0 aliphatic rings. The largest absolute Gasteiger partial charge is 0.506 e. The lowest BCUT2D eigenvalue weighted by Gasteiger charge is -2.19. The third kappa shape index (κ3) is 3.37. The van der Waals surface area contributed by atoms with Crippen LogP contribution in [-0.2, 0) is 5.41 Å². The van der Waals surface area contributed by atoms with E-state index in [1.807, 2.05) is 24.3 Å². The van der Waals surface area contributed by atoms with Crippen molar-refractivity contribution in [2.75, 3.05) is 0 Å². The molecule has 5 heteroatoms. The Morgan fingerprint density at radius 1 is 1.12 bits per heavy atom. The van der Waals surface area contributed by atoms with Gasteiger partial charge in [0.25, 0.3) is 5.56 Å². The van der Waals surface area contributed by atoms with Gasteiger partial charge < -0.3 is 5.11 Å². The number of aromatic nitrogens is 1. The van der Waals surface area contributed by atoms with Gasteiger partial charge in [0.15, 0.2) is 0 Å². The van der Waals surface area contributed by atoms with Crippen molar-refractivity contribution in [3.63, 3.8) is 0 Å². The molecule has 0 spiro atoms. The molecule has 0 fully saturated rings. The van der Waals surface area contributed by atoms with E-state index in [1.165, 1.54) is 11.3 Å². The molecule has 4 nitrogen and oxygen atoms in total. The summed E-state index contributed by atoms with van der Waals surface area (Å²) in [5.41, 5.74) is 1.24. The molecule has 26 heavy (non-hydrogen) atoms. The van der Waals surface area contributed by atoms with E-state index in [4.69, 9.17) is 0 Å². The highest BCUT2D eigenvalue weighted by Crippen LogP contribution is 2.29. The highest BCUT2D eigenvalue weighted by atomic mass is 32.1. The minimum absolute atomic E-state index is 0.00126. The van der Waals surface area contributed by atoms with Gasteiger partial charge in [0.05, 0.1) is 5.39 Å². The number of hydrogen-bond donors (Lipinski definition) is 1. The molecule has 0 radical (unpaired) electrons. The molecule has 3 aromatic rings. The molecule has 0 saturated heterocycles. The summed E-state index contributed by atoms with van der Waals surface area (Å²) in [6.45, 7) is 6.32. The zero-order valence-corrected chi connectivity index (χ0v) is 15.6. The van der Waals surface area contributed by atoms with Crippen molar-refractivity contribution >= 4 is 32.8 Å². The minimum Gasteiger partial charge on any atom is -0.506 e. The van der Waals surface area contributed by atoms with Gasteiger partial charge in [0.1, 0.15) is 22.4 Å². The Morgan fingerprint density at radius 3 is 2.38 bits per heavy atom. The lowest BCUT2D eigenvalue weighted by Crippen LogP contribution is -2.10. The molecular formula is C21H18N2O2S. The van der Waals surface area contributed by atoms with Crippen molar-refractivity contribution in [2.45, 2.75) is 26.2 Å². The molecule has 0 amide bonds. The molecule has 0 unspecified atom stereocenters. The van der Waals surface area contributed by atoms with Crippen LogP contribution in [0, 0.1) is 11.3 Å². The average Bonchev–Trinajstić information content (AvgIpc) is 2.62. The number of allylic oxidation sites excluding steroid dienone is 1. The summed E-state index contributed by atoms with van der Waals surface area (Å²) in [6.07, 6.45) is 0. The smallest absolute Gasteiger partial charge is 0.279 e. The van der Waals surface area contributed by atoms with Crippen molar-refractivity contribution < 1.29 is 5.11 Å². The number of aliphatic hydroxyl groups is 1. The van der Waals surface area contributed by atoms with Crippen LogP contribution < -0.4 is 5.56 Å². The highest BCUT2D eigenvalue weighted by molar-refractivity contribution is 7.19. The molecular weight excluding hydrogens is 344 g/mol. The van der Waals surface area contributed by atoms with E-state index < -0.39 is 5.56 Å². The second-order valence-corrected chi connectivity index (χ2v) is 8.01. The van der Waals surface area contributed by atoms with Gasteiger partial charge in [-0.3, -0.25) is 4.79 Å². The van der Waals surface area contributed by atoms with Gasteiger partial charge >= 0.3 is 0 Å². The lowest BCUT2D eigenvalue weighted by molar-refractivity contribution is 0.513. The fourth-order valence-corrected chi connectivity index (χ4v) is 3.59. The molecule has 1 N–H and O–H groups in total. The molecule has 3 rings (SSSR count). The van der Waals surface area contributed by atoms with Crippen molar-refractivity contribution in [1.82, 2.24) is 4.98 Å². The lowest BCUT2D eigenvalue weighted by atomic mass is 9.86. The minimum atomic E-state index is -0.405. The third-order valence-electron chi connectivity index (χ3n) is 4.11. The molecule has 0 aliphatic carbocycles. The number of benzene rings is 2. The molecule has 0 atom stereocenters. The number of rotatable bonds is 2. The van der Waals surface area contributed by atoms with Crippen LogP contribution in [-0.4, -0.2) is 10.1 Å². The van der Waals surface area contributed by atoms with Gasteiger partial charge in [-0.1, -0.05) is 57.2 Å². The number of aliphatic hydroxyl groups excluding tert-OH is 1. The molecule has 1 heterocycles. The van der Waals surface area contributed by atoms with E-state index >= 15 is 0 Å². The topological polar surface area (TPSA) is 74.0 Å². The normalized spacial score (nSPS) is 12.5. The van der Waals surface area contributed by atoms with E-state index in [2.05, 4.69) is 25.8 Å². The fourth-order valence-electron chi connectivity index (χ4n) is 2.59. The fraction of sp³-hybridized carbons (Fsp3) is 0.190. The summed E-state index contributed by atoms with van der Waals surface area (Å²) in [5.74, 6) is -0.175. The maximum absolute atomic E-state index is 12.2. The zero-order valence-electron chi connectivity index (χ0n) is 14.8. The Morgan fingerprint density at radius 2 is 1.77 bits per heavy atom. The van der Waals surface area contributed by atoms with Gasteiger partial charge in [-0.15, -0.1) is 11.3 Å². The zero-order chi connectivity index (χ0) is 18.9. The SMILES string of the molecule is CC(C)(C)c1ccc(/C(O)=C(\C#N)c2nc(=O)c3ccccc3s2)cc1. The summed E-state index contributed by atoms with van der Waals surface area (Å²) in [4.78, 5) is 16.2. The van der Waals surface area contributed by atoms with Gasteiger partial charge in [0.2, 0.25) is 0 Å². The van der Waals surface area contributed by atoms with Crippen molar-refractivity contribution in [3.8, 4) is 6.07 Å². The van der Waals surface area contributed by atoms with E-state index in [1.54, 1.807) is 30.3 Å². The molecule has 0 aliphatic heterocycles. The van der Waals surface area contributed by atoms with Crippen LogP contribution in [0.25, 0.3) is 21.4 Å². The number of nitriles is 1. The van der Waals surface area contributed by atoms with Crippen LogP contribution in [0.4, 0.5) is 0 Å². The van der Waals surface area contributed by atoms with Crippen LogP contribution in [0.3, 0.4) is 0 Å². The quantitative estimate of drug-likeness (QED) is 0.519. The molecule has 2 aromatic carbocycles. The Kier molecular flexibility index (Phi) is 4.62. The monoisotopic (exact) mass is 362 g/mol. The molecule has 0 bridgehead atoms. The van der Waals surface area contributed by atoms with E-state index in [0.717, 1.165) is 10.3 Å². The van der Waals surface area contributed by atoms with Gasteiger partial charge in [-0.25, -0.2) is 0 Å². The Bertz CT molecular complexity index is 1100. The summed E-state index contributed by atoms with van der Waals surface area (Å²) >= 11 is 1.21. The average molecular weight is 362 g/mol. The Balaban J connectivity index is 2.13. The summed E-state index contributed by atoms with van der Waals surface area (Å²) < 4.78 is 0.728. The first kappa shape index (κ1) is 17.8. The Hall–Kier alpha value is -2.97. The number of nitrogens with zero attached hydrogens (tertiary/aromatic N) is 2. The predicted octanol–water partition coefficient (Wildman–Crippen LogP) is 4.90. The van der Waals surface area contributed by atoms with Crippen LogP contribution in [0.15, 0.2) is 53.3 Å². The standard InChI is InChI=1S/C21H18N2O2S/c1-21(2,3)14-10-8-13(9-11-14)18(24)16(12-22)20-23-19(25)15-6-4-5-7-17(15)26-20/h4-11,24H,1-3H3/b18-16-. The van der Waals surface area contributed by atoms with Crippen molar-refractivity contribution in [3.05, 3.63) is 75.0 Å². The first-order valence-electron chi connectivity index (χ1n) is 8.16. The molecule has 130 valence electrons. The van der Waals surface area contributed by atoms with Crippen molar-refractivity contribution in [1.29, 1.82) is 5.26 Å². The first-order valence-corrected chi connectivity index (χ1v) is 8.97. The maximum atomic E-state index is 12.2. The first-order chi connectivity index (χ1) is 12.3. The molecule has 0 saturated carbocycles. The van der Waals surface area contributed by atoms with Crippen LogP contribution in [0.2, 0.25) is 0 Å². The highest BCUT2D eigenvalue weighted by Gasteiger charge is 2.17. The van der Waals surface area contributed by atoms with E-state index in [9.17, 15) is 15.2 Å². The van der Waals surface area contributed by atoms with Crippen molar-refractivity contribution in [2.24, 2.45) is 0 Å². The third-order valence-corrected chi connectivity index (χ3v) is 5.18. The summed E-state index contributed by atoms with van der Waals surface area (Å²) in [7, 11) is 0.